The number of carbonyl (C=O) groups is 1. The summed E-state index contributed by atoms with van der Waals surface area (Å²) in [5, 5.41) is 1.40. The smallest absolute Gasteiger partial charge is 0.410 e. The van der Waals surface area contributed by atoms with Crippen molar-refractivity contribution in [2.45, 2.75) is 64.6 Å². The summed E-state index contributed by atoms with van der Waals surface area (Å²) in [7, 11) is -1.85. The normalized spacial score (nSPS) is 17.9. The van der Waals surface area contributed by atoms with Crippen molar-refractivity contribution in [3.63, 3.8) is 0 Å². The Labute approximate surface area is 165 Å². The summed E-state index contributed by atoms with van der Waals surface area (Å²) in [6, 6.07) is 9.21. The average molecular weight is 384 g/mol. The van der Waals surface area contributed by atoms with Gasteiger partial charge in [0.05, 0.1) is 8.07 Å². The Balaban J connectivity index is 2.42. The van der Waals surface area contributed by atoms with Gasteiger partial charge in [0, 0.05) is 18.7 Å². The van der Waals surface area contributed by atoms with Gasteiger partial charge in [-0.3, -0.25) is 4.90 Å². The van der Waals surface area contributed by atoms with Crippen LogP contribution in [0.4, 0.5) is 4.79 Å². The molecule has 0 spiro atoms. The Morgan fingerprint density at radius 1 is 1.11 bits per heavy atom. The van der Waals surface area contributed by atoms with Crippen molar-refractivity contribution in [1.29, 1.82) is 0 Å². The minimum atomic E-state index is -1.85. The molecule has 1 aliphatic rings. The van der Waals surface area contributed by atoms with Crippen LogP contribution in [0.1, 0.15) is 48.0 Å². The highest BCUT2D eigenvalue weighted by Gasteiger charge is 2.47. The molecule has 0 N–H and O–H groups in total. The van der Waals surface area contributed by atoms with Gasteiger partial charge in [-0.15, -0.1) is 12.3 Å². The van der Waals surface area contributed by atoms with Crippen molar-refractivity contribution in [2.75, 3.05) is 6.54 Å². The lowest BCUT2D eigenvalue weighted by Gasteiger charge is -2.47. The number of rotatable bonds is 5. The van der Waals surface area contributed by atoms with Crippen LogP contribution in [0.5, 0.6) is 5.75 Å². The molecule has 0 aliphatic carbocycles. The summed E-state index contributed by atoms with van der Waals surface area (Å²) in [6.07, 6.45) is 8.43. The topological polar surface area (TPSA) is 29.5 Å². The van der Waals surface area contributed by atoms with E-state index in [9.17, 15) is 4.79 Å². The minimum Gasteiger partial charge on any atom is -0.410 e. The lowest BCUT2D eigenvalue weighted by atomic mass is 10.0. The van der Waals surface area contributed by atoms with E-state index in [0.717, 1.165) is 6.42 Å². The largest absolute Gasteiger partial charge is 0.419 e. The van der Waals surface area contributed by atoms with E-state index in [4.69, 9.17) is 11.2 Å². The van der Waals surface area contributed by atoms with Gasteiger partial charge in [0.15, 0.2) is 0 Å². The van der Waals surface area contributed by atoms with Gasteiger partial charge in [-0.25, -0.2) is 4.79 Å². The molecule has 1 heterocycles. The fourth-order valence-corrected chi connectivity index (χ4v) is 12.4. The molecular weight excluding hydrogens is 350 g/mol. The third-order valence-electron chi connectivity index (χ3n) is 6.04. The Morgan fingerprint density at radius 2 is 1.67 bits per heavy atom. The number of amides is 1. The SMILES string of the molecule is C#CC1CC([Si](C(C)C)(C(C)C)C(C)C)=CN(C(=O)Oc2ccccc2)C1. The molecule has 27 heavy (non-hydrogen) atoms. The van der Waals surface area contributed by atoms with Crippen LogP contribution in [0.25, 0.3) is 0 Å². The van der Waals surface area contributed by atoms with Gasteiger partial charge in [0.25, 0.3) is 0 Å². The zero-order valence-electron chi connectivity index (χ0n) is 17.5. The van der Waals surface area contributed by atoms with E-state index in [1.165, 1.54) is 5.20 Å². The monoisotopic (exact) mass is 383 g/mol. The first-order valence-electron chi connectivity index (χ1n) is 9.94. The highest BCUT2D eigenvalue weighted by molar-refractivity contribution is 6.89. The van der Waals surface area contributed by atoms with E-state index in [-0.39, 0.29) is 12.0 Å². The summed E-state index contributed by atoms with van der Waals surface area (Å²) in [5.74, 6) is 3.50. The van der Waals surface area contributed by atoms with Gasteiger partial charge < -0.3 is 4.74 Å². The van der Waals surface area contributed by atoms with Gasteiger partial charge in [0.1, 0.15) is 5.75 Å². The van der Waals surface area contributed by atoms with Crippen LogP contribution >= 0.6 is 0 Å². The molecule has 3 nitrogen and oxygen atoms in total. The second-order valence-corrected chi connectivity index (χ2v) is 14.4. The Kier molecular flexibility index (Phi) is 6.94. The van der Waals surface area contributed by atoms with Crippen molar-refractivity contribution >= 4 is 14.2 Å². The second-order valence-electron chi connectivity index (χ2n) is 8.45. The van der Waals surface area contributed by atoms with Crippen molar-refractivity contribution in [3.05, 3.63) is 41.7 Å². The maximum atomic E-state index is 12.8. The molecule has 1 unspecified atom stereocenters. The summed E-state index contributed by atoms with van der Waals surface area (Å²) >= 11 is 0. The summed E-state index contributed by atoms with van der Waals surface area (Å²) in [6.45, 7) is 14.5. The van der Waals surface area contributed by atoms with Gasteiger partial charge in [-0.1, -0.05) is 64.9 Å². The number of hydrogen-bond acceptors (Lipinski definition) is 2. The van der Waals surface area contributed by atoms with Gasteiger partial charge in [0.2, 0.25) is 0 Å². The predicted molar refractivity (Wildman–Crippen MR) is 115 cm³/mol. The number of nitrogens with zero attached hydrogens (tertiary/aromatic N) is 1. The summed E-state index contributed by atoms with van der Waals surface area (Å²) < 4.78 is 5.58. The fourth-order valence-electron chi connectivity index (χ4n) is 5.15. The quantitative estimate of drug-likeness (QED) is 0.445. The maximum absolute atomic E-state index is 12.8. The molecule has 0 saturated carbocycles. The first-order chi connectivity index (χ1) is 12.7. The maximum Gasteiger partial charge on any atom is 0.419 e. The van der Waals surface area contributed by atoms with E-state index in [1.807, 2.05) is 18.2 Å². The molecule has 1 atom stereocenters. The molecule has 146 valence electrons. The van der Waals surface area contributed by atoms with E-state index in [2.05, 4.69) is 53.7 Å². The number of para-hydroxylation sites is 1. The Bertz CT molecular complexity index is 694. The lowest BCUT2D eigenvalue weighted by Crippen LogP contribution is -2.50. The molecule has 0 saturated heterocycles. The minimum absolute atomic E-state index is 0.0384. The van der Waals surface area contributed by atoms with E-state index >= 15 is 0 Å². The van der Waals surface area contributed by atoms with Crippen LogP contribution < -0.4 is 4.74 Å². The third-order valence-corrected chi connectivity index (χ3v) is 13.2. The molecule has 0 radical (unpaired) electrons. The van der Waals surface area contributed by atoms with Crippen LogP contribution in [0.15, 0.2) is 41.7 Å². The molecule has 1 aromatic rings. The molecule has 0 fully saturated rings. The van der Waals surface area contributed by atoms with Crippen molar-refractivity contribution < 1.29 is 9.53 Å². The number of terminal acetylenes is 1. The van der Waals surface area contributed by atoms with E-state index < -0.39 is 8.07 Å². The predicted octanol–water partition coefficient (Wildman–Crippen LogP) is 6.24. The number of allylic oxidation sites excluding steroid dienone is 1. The van der Waals surface area contributed by atoms with Gasteiger partial charge in [-0.2, -0.15) is 0 Å². The molecule has 1 aromatic carbocycles. The van der Waals surface area contributed by atoms with Gasteiger partial charge in [-0.05, 0) is 35.2 Å². The van der Waals surface area contributed by atoms with Crippen LogP contribution in [0, 0.1) is 18.3 Å². The summed E-state index contributed by atoms with van der Waals surface area (Å²) in [4.78, 5) is 14.5. The summed E-state index contributed by atoms with van der Waals surface area (Å²) in [5.41, 5.74) is 1.73. The number of ether oxygens (including phenoxy) is 1. The Hall–Kier alpha value is -1.99. The lowest BCUT2D eigenvalue weighted by molar-refractivity contribution is 0.164. The molecule has 2 rings (SSSR count). The zero-order chi connectivity index (χ0) is 20.2. The van der Waals surface area contributed by atoms with Crippen molar-refractivity contribution in [2.24, 2.45) is 5.92 Å². The fraction of sp³-hybridized carbons (Fsp3) is 0.522. The van der Waals surface area contributed by atoms with Crippen molar-refractivity contribution in [1.82, 2.24) is 4.90 Å². The molecule has 1 aliphatic heterocycles. The first kappa shape index (κ1) is 21.3. The number of hydrogen-bond donors (Lipinski definition) is 0. The number of carbonyl (C=O) groups excluding carboxylic acids is 1. The highest BCUT2D eigenvalue weighted by Crippen LogP contribution is 2.49. The average Bonchev–Trinajstić information content (AvgIpc) is 2.61. The number of benzene rings is 1. The first-order valence-corrected chi connectivity index (χ1v) is 12.2. The molecule has 0 aromatic heterocycles. The van der Waals surface area contributed by atoms with Crippen LogP contribution in [-0.2, 0) is 0 Å². The van der Waals surface area contributed by atoms with Crippen LogP contribution in [0.3, 0.4) is 0 Å². The Morgan fingerprint density at radius 3 is 2.15 bits per heavy atom. The van der Waals surface area contributed by atoms with E-state index in [0.29, 0.717) is 28.9 Å². The highest BCUT2D eigenvalue weighted by atomic mass is 28.3. The molecule has 1 amide bonds. The van der Waals surface area contributed by atoms with Crippen LogP contribution in [0.2, 0.25) is 16.6 Å². The van der Waals surface area contributed by atoms with Crippen LogP contribution in [-0.4, -0.2) is 25.6 Å². The second kappa shape index (κ2) is 8.80. The molecular formula is C23H33NO2Si. The van der Waals surface area contributed by atoms with Gasteiger partial charge >= 0.3 is 6.09 Å². The third kappa shape index (κ3) is 4.30. The van der Waals surface area contributed by atoms with Crippen molar-refractivity contribution in [3.8, 4) is 18.1 Å². The molecule has 0 bridgehead atoms. The zero-order valence-corrected chi connectivity index (χ0v) is 18.5. The van der Waals surface area contributed by atoms with E-state index in [1.54, 1.807) is 17.0 Å². The standard InChI is InChI=1S/C23H33NO2Si/c1-8-20-14-22(27(17(2)3,18(4)5)19(6)7)16-24(15-20)23(25)26-21-12-10-9-11-13-21/h1,9-13,16-20H,14-15H2,2-7H3. The molecule has 4 heteroatoms.